The minimum Gasteiger partial charge on any atom is -0.465 e. The second kappa shape index (κ2) is 3.30. The molecule has 1 aliphatic rings. The van der Waals surface area contributed by atoms with Gasteiger partial charge in [-0.25, -0.2) is 13.6 Å². The molecule has 1 fully saturated rings. The van der Waals surface area contributed by atoms with E-state index in [1.807, 2.05) is 0 Å². The molecule has 1 rings (SSSR count). The van der Waals surface area contributed by atoms with Crippen molar-refractivity contribution in [2.24, 2.45) is 11.1 Å². The molecule has 0 aromatic rings. The van der Waals surface area contributed by atoms with Crippen molar-refractivity contribution in [3.63, 3.8) is 0 Å². The molecule has 15 heavy (non-hydrogen) atoms. The summed E-state index contributed by atoms with van der Waals surface area (Å²) < 4.78 is 27.4. The van der Waals surface area contributed by atoms with Crippen LogP contribution in [0.15, 0.2) is 0 Å². The zero-order valence-electron chi connectivity index (χ0n) is 9.00. The number of nitrogens with zero attached hydrogens (tertiary/aromatic N) is 1. The van der Waals surface area contributed by atoms with Crippen molar-refractivity contribution in [1.29, 1.82) is 0 Å². The van der Waals surface area contributed by atoms with E-state index in [9.17, 15) is 13.6 Å². The first-order valence-electron chi connectivity index (χ1n) is 4.71. The molecule has 1 aliphatic heterocycles. The lowest BCUT2D eigenvalue weighted by Gasteiger charge is -2.36. The largest absolute Gasteiger partial charge is 0.465 e. The highest BCUT2D eigenvalue weighted by Crippen LogP contribution is 2.42. The smallest absolute Gasteiger partial charge is 0.407 e. The lowest BCUT2D eigenvalue weighted by Crippen LogP contribution is -2.52. The van der Waals surface area contributed by atoms with Crippen LogP contribution in [0.4, 0.5) is 13.6 Å². The van der Waals surface area contributed by atoms with E-state index in [0.717, 1.165) is 4.90 Å². The van der Waals surface area contributed by atoms with Gasteiger partial charge in [0, 0.05) is 6.54 Å². The van der Waals surface area contributed by atoms with Crippen LogP contribution in [0.2, 0.25) is 0 Å². The van der Waals surface area contributed by atoms with E-state index in [1.165, 1.54) is 0 Å². The van der Waals surface area contributed by atoms with Crippen LogP contribution < -0.4 is 5.73 Å². The van der Waals surface area contributed by atoms with E-state index in [2.05, 4.69) is 0 Å². The molecule has 0 bridgehead atoms. The van der Waals surface area contributed by atoms with Crippen molar-refractivity contribution in [3.05, 3.63) is 0 Å². The Morgan fingerprint density at radius 2 is 2.00 bits per heavy atom. The molecule has 0 aromatic heterocycles. The molecule has 0 saturated carbocycles. The van der Waals surface area contributed by atoms with Crippen LogP contribution in [0.25, 0.3) is 0 Å². The maximum Gasteiger partial charge on any atom is 0.407 e. The number of amides is 1. The third-order valence-corrected chi connectivity index (χ3v) is 2.63. The summed E-state index contributed by atoms with van der Waals surface area (Å²) in [6.07, 6.45) is -1.34. The maximum atomic E-state index is 13.7. The molecule has 0 aromatic carbocycles. The van der Waals surface area contributed by atoms with Gasteiger partial charge in [0.2, 0.25) is 0 Å². The fraction of sp³-hybridized carbons (Fsp3) is 0.889. The van der Waals surface area contributed by atoms with Crippen molar-refractivity contribution >= 4 is 6.09 Å². The Hall–Kier alpha value is -0.910. The van der Waals surface area contributed by atoms with E-state index in [-0.39, 0.29) is 6.54 Å². The predicted octanol–water partition coefficient (Wildman–Crippen LogP) is 1.36. The monoisotopic (exact) mass is 222 g/mol. The summed E-state index contributed by atoms with van der Waals surface area (Å²) in [6, 6.07) is -2.78. The second-order valence-electron chi connectivity index (χ2n) is 4.98. The van der Waals surface area contributed by atoms with E-state index in [1.54, 1.807) is 20.8 Å². The van der Waals surface area contributed by atoms with Gasteiger partial charge in [-0.1, -0.05) is 20.8 Å². The number of hydrogen-bond donors (Lipinski definition) is 2. The predicted molar refractivity (Wildman–Crippen MR) is 50.9 cm³/mol. The first-order chi connectivity index (χ1) is 6.58. The molecule has 1 saturated heterocycles. The molecule has 88 valence electrons. The van der Waals surface area contributed by atoms with Gasteiger partial charge < -0.3 is 10.8 Å². The van der Waals surface area contributed by atoms with Crippen LogP contribution in [0.1, 0.15) is 20.8 Å². The van der Waals surface area contributed by atoms with Crippen LogP contribution in [0, 0.1) is 5.41 Å². The third kappa shape index (κ3) is 1.90. The van der Waals surface area contributed by atoms with Gasteiger partial charge in [0.25, 0.3) is 5.92 Å². The first-order valence-corrected chi connectivity index (χ1v) is 4.71. The molecular weight excluding hydrogens is 206 g/mol. The normalized spacial score (nSPS) is 30.7. The zero-order valence-corrected chi connectivity index (χ0v) is 9.00. The lowest BCUT2D eigenvalue weighted by atomic mass is 9.82. The number of carboxylic acid groups (broad SMARTS) is 1. The number of rotatable bonds is 0. The summed E-state index contributed by atoms with van der Waals surface area (Å²) in [4.78, 5) is 11.6. The molecule has 1 amide bonds. The minimum atomic E-state index is -3.17. The molecule has 1 heterocycles. The maximum absolute atomic E-state index is 13.7. The quantitative estimate of drug-likeness (QED) is 0.650. The van der Waals surface area contributed by atoms with E-state index >= 15 is 0 Å². The highest BCUT2D eigenvalue weighted by Gasteiger charge is 2.60. The molecule has 2 unspecified atom stereocenters. The van der Waals surface area contributed by atoms with Crippen LogP contribution in [0.3, 0.4) is 0 Å². The summed E-state index contributed by atoms with van der Waals surface area (Å²) in [7, 11) is 0. The number of nitrogens with two attached hydrogens (primary N) is 1. The van der Waals surface area contributed by atoms with Crippen LogP contribution in [-0.2, 0) is 0 Å². The van der Waals surface area contributed by atoms with Crippen molar-refractivity contribution < 1.29 is 18.7 Å². The topological polar surface area (TPSA) is 66.6 Å². The average Bonchev–Trinajstić information content (AvgIpc) is 2.21. The lowest BCUT2D eigenvalue weighted by molar-refractivity contribution is -0.0756. The Bertz CT molecular complexity index is 276. The van der Waals surface area contributed by atoms with Crippen LogP contribution in [0.5, 0.6) is 0 Å². The van der Waals surface area contributed by atoms with Gasteiger partial charge in [0.15, 0.2) is 0 Å². The van der Waals surface area contributed by atoms with Gasteiger partial charge in [0.05, 0.1) is 6.04 Å². The molecular formula is C9H16F2N2O2. The Balaban J connectivity index is 3.10. The Morgan fingerprint density at radius 3 is 2.27 bits per heavy atom. The number of likely N-dealkylation sites (tertiary alicyclic amines) is 1. The molecule has 0 spiro atoms. The van der Waals surface area contributed by atoms with Gasteiger partial charge in [-0.2, -0.15) is 0 Å². The summed E-state index contributed by atoms with van der Waals surface area (Å²) >= 11 is 0. The molecule has 4 nitrogen and oxygen atoms in total. The van der Waals surface area contributed by atoms with Gasteiger partial charge in [0.1, 0.15) is 6.04 Å². The Kier molecular flexibility index (Phi) is 2.67. The van der Waals surface area contributed by atoms with Crippen LogP contribution >= 0.6 is 0 Å². The second-order valence-corrected chi connectivity index (χ2v) is 4.98. The summed E-state index contributed by atoms with van der Waals surface area (Å²) in [6.45, 7) is 4.43. The number of hydrogen-bond acceptors (Lipinski definition) is 2. The van der Waals surface area contributed by atoms with Gasteiger partial charge in [-0.15, -0.1) is 0 Å². The van der Waals surface area contributed by atoms with E-state index in [4.69, 9.17) is 10.8 Å². The molecule has 3 N–H and O–H groups in total. The summed E-state index contributed by atoms with van der Waals surface area (Å²) in [5.74, 6) is -3.17. The van der Waals surface area contributed by atoms with Gasteiger partial charge in [-0.05, 0) is 5.41 Å². The summed E-state index contributed by atoms with van der Waals surface area (Å²) in [5.41, 5.74) is 4.44. The highest BCUT2D eigenvalue weighted by molar-refractivity contribution is 5.66. The van der Waals surface area contributed by atoms with Gasteiger partial charge >= 0.3 is 6.09 Å². The zero-order chi connectivity index (χ0) is 12.0. The van der Waals surface area contributed by atoms with E-state index in [0.29, 0.717) is 0 Å². The molecule has 6 heteroatoms. The van der Waals surface area contributed by atoms with Gasteiger partial charge in [-0.3, -0.25) is 4.90 Å². The molecule has 0 aliphatic carbocycles. The van der Waals surface area contributed by atoms with E-state index < -0.39 is 29.5 Å². The number of halogens is 2. The highest BCUT2D eigenvalue weighted by atomic mass is 19.3. The molecule has 0 radical (unpaired) electrons. The minimum absolute atomic E-state index is 0.315. The first kappa shape index (κ1) is 12.2. The number of carbonyl (C=O) groups is 1. The third-order valence-electron chi connectivity index (χ3n) is 2.63. The van der Waals surface area contributed by atoms with Crippen LogP contribution in [-0.4, -0.2) is 40.7 Å². The Labute approximate surface area is 87.0 Å². The van der Waals surface area contributed by atoms with Crippen molar-refractivity contribution in [1.82, 2.24) is 4.90 Å². The average molecular weight is 222 g/mol. The summed E-state index contributed by atoms with van der Waals surface area (Å²) in [5, 5.41) is 8.83. The van der Waals surface area contributed by atoms with Crippen molar-refractivity contribution in [3.8, 4) is 0 Å². The number of alkyl halides is 2. The van der Waals surface area contributed by atoms with Crippen molar-refractivity contribution in [2.75, 3.05) is 6.54 Å². The Morgan fingerprint density at radius 1 is 1.53 bits per heavy atom. The standard InChI is InChI=1S/C9H16F2N2O2/c1-8(2,3)6-9(10,11)5(12)4-13(6)7(14)15/h5-6H,4,12H2,1-3H3,(H,14,15). The van der Waals surface area contributed by atoms with Crippen molar-refractivity contribution in [2.45, 2.75) is 38.8 Å². The molecule has 2 atom stereocenters. The SMILES string of the molecule is CC(C)(C)C1N(C(=O)O)CC(N)C1(F)F. The fourth-order valence-electron chi connectivity index (χ4n) is 2.08. The fourth-order valence-corrected chi connectivity index (χ4v) is 2.08.